The molecule has 15 heavy (non-hydrogen) atoms. The minimum atomic E-state index is 0.618. The van der Waals surface area contributed by atoms with Gasteiger partial charge in [0.1, 0.15) is 29.1 Å². The highest BCUT2D eigenvalue weighted by molar-refractivity contribution is 7.13. The van der Waals surface area contributed by atoms with Crippen LogP contribution in [0.25, 0.3) is 10.7 Å². The second kappa shape index (κ2) is 3.09. The first-order valence-electron chi connectivity index (χ1n) is 4.35. The zero-order valence-corrected chi connectivity index (χ0v) is 8.69. The molecule has 0 aromatic carbocycles. The Morgan fingerprint density at radius 3 is 3.00 bits per heavy atom. The first kappa shape index (κ1) is 8.49. The van der Waals surface area contributed by atoms with E-state index >= 15 is 0 Å². The van der Waals surface area contributed by atoms with Gasteiger partial charge in [0, 0.05) is 11.1 Å². The molecule has 0 unspecified atom stereocenters. The van der Waals surface area contributed by atoms with E-state index in [2.05, 4.69) is 25.3 Å². The van der Waals surface area contributed by atoms with Crippen molar-refractivity contribution < 1.29 is 0 Å². The summed E-state index contributed by atoms with van der Waals surface area (Å²) in [6.45, 7) is 1.95. The highest BCUT2D eigenvalue weighted by Crippen LogP contribution is 2.36. The first-order valence-corrected chi connectivity index (χ1v) is 5.23. The number of hydrogen-bond acceptors (Lipinski definition) is 5. The molecule has 0 N–H and O–H groups in total. The summed E-state index contributed by atoms with van der Waals surface area (Å²) in [4.78, 5) is 16.7. The number of hydrogen-bond donors (Lipinski definition) is 0. The van der Waals surface area contributed by atoms with Crippen LogP contribution in [0.4, 0.5) is 11.5 Å². The van der Waals surface area contributed by atoms with E-state index in [9.17, 15) is 0 Å². The molecular weight excluding hydrogens is 210 g/mol. The number of thiazole rings is 1. The lowest BCUT2D eigenvalue weighted by atomic mass is 10.3. The van der Waals surface area contributed by atoms with Crippen molar-refractivity contribution in [1.29, 1.82) is 0 Å². The number of aryl methyl sites for hydroxylation is 1. The number of rotatable bonds is 1. The fourth-order valence-corrected chi connectivity index (χ4v) is 2.14. The van der Waals surface area contributed by atoms with E-state index in [4.69, 9.17) is 0 Å². The Balaban J connectivity index is 2.20. The monoisotopic (exact) mass is 216 g/mol. The third kappa shape index (κ3) is 1.30. The highest BCUT2D eigenvalue weighted by Gasteiger charge is 2.18. The van der Waals surface area contributed by atoms with E-state index in [1.54, 1.807) is 11.3 Å². The third-order valence-electron chi connectivity index (χ3n) is 1.99. The van der Waals surface area contributed by atoms with Crippen LogP contribution in [0.1, 0.15) is 5.69 Å². The van der Waals surface area contributed by atoms with Gasteiger partial charge < -0.3 is 0 Å². The van der Waals surface area contributed by atoms with Crippen molar-refractivity contribution in [1.82, 2.24) is 20.3 Å². The topological polar surface area (TPSA) is 65.1 Å². The molecule has 0 amide bonds. The van der Waals surface area contributed by atoms with Crippen LogP contribution in [-0.4, -0.2) is 21.3 Å². The fraction of sp³-hybridized carbons (Fsp3) is 0.111. The van der Waals surface area contributed by atoms with E-state index < -0.39 is 0 Å². The van der Waals surface area contributed by atoms with Gasteiger partial charge in [0.2, 0.25) is 0 Å². The Kier molecular flexibility index (Phi) is 1.75. The van der Waals surface area contributed by atoms with Gasteiger partial charge in [-0.2, -0.15) is 0 Å². The van der Waals surface area contributed by atoms with Crippen LogP contribution in [0, 0.1) is 6.92 Å². The summed E-state index contributed by atoms with van der Waals surface area (Å²) in [5.41, 5.74) is 2.46. The molecule has 0 atom stereocenters. The molecule has 3 rings (SSSR count). The van der Waals surface area contributed by atoms with Gasteiger partial charge in [-0.25, -0.2) is 25.3 Å². The van der Waals surface area contributed by atoms with Gasteiger partial charge in [-0.3, -0.25) is 0 Å². The Morgan fingerprint density at radius 2 is 2.20 bits per heavy atom. The normalized spacial score (nSPS) is 12.6. The number of fused-ring (bicyclic) bond motifs is 1. The molecule has 0 spiro atoms. The smallest absolute Gasteiger partial charge is 0.183 e. The van der Waals surface area contributed by atoms with Gasteiger partial charge in [-0.15, -0.1) is 11.3 Å². The molecule has 6 heteroatoms. The van der Waals surface area contributed by atoms with E-state index in [1.165, 1.54) is 12.7 Å². The first-order chi connectivity index (χ1) is 7.34. The summed E-state index contributed by atoms with van der Waals surface area (Å²) in [6.07, 6.45) is 2.98. The molecular formula is C9H6N5S. The third-order valence-corrected chi connectivity index (χ3v) is 2.96. The molecule has 0 saturated heterocycles. The summed E-state index contributed by atoms with van der Waals surface area (Å²) in [6, 6.07) is 0. The molecule has 1 radical (unpaired) electrons. The maximum Gasteiger partial charge on any atom is 0.183 e. The Labute approximate surface area is 90.0 Å². The molecule has 2 aromatic rings. The predicted octanol–water partition coefficient (Wildman–Crippen LogP) is 1.82. The van der Waals surface area contributed by atoms with Gasteiger partial charge >= 0.3 is 0 Å². The van der Waals surface area contributed by atoms with Crippen LogP contribution >= 0.6 is 11.3 Å². The van der Waals surface area contributed by atoms with Crippen LogP contribution in [-0.2, 0) is 0 Å². The summed E-state index contributed by atoms with van der Waals surface area (Å²) < 4.78 is 0. The van der Waals surface area contributed by atoms with Gasteiger partial charge in [0.15, 0.2) is 5.82 Å². The lowest BCUT2D eigenvalue weighted by Crippen LogP contribution is -1.91. The van der Waals surface area contributed by atoms with E-state index in [-0.39, 0.29) is 0 Å². The van der Waals surface area contributed by atoms with Crippen molar-refractivity contribution in [3.8, 4) is 10.7 Å². The zero-order chi connectivity index (χ0) is 10.3. The SMILES string of the molecule is Cc1csc(-c2ncnc3c2N=C[N]3)n1. The van der Waals surface area contributed by atoms with Crippen LogP contribution in [0.2, 0.25) is 0 Å². The summed E-state index contributed by atoms with van der Waals surface area (Å²) in [5, 5.41) is 6.87. The van der Waals surface area contributed by atoms with Crippen molar-refractivity contribution in [3.63, 3.8) is 0 Å². The Hall–Kier alpha value is -1.82. The summed E-state index contributed by atoms with van der Waals surface area (Å²) >= 11 is 1.55. The predicted molar refractivity (Wildman–Crippen MR) is 57.8 cm³/mol. The van der Waals surface area contributed by atoms with E-state index in [0.717, 1.165) is 16.4 Å². The lowest BCUT2D eigenvalue weighted by molar-refractivity contribution is 1.11. The van der Waals surface area contributed by atoms with Crippen LogP contribution in [0.3, 0.4) is 0 Å². The van der Waals surface area contributed by atoms with E-state index in [0.29, 0.717) is 11.5 Å². The van der Waals surface area contributed by atoms with Crippen molar-refractivity contribution in [3.05, 3.63) is 17.4 Å². The minimum absolute atomic E-state index is 0.618. The van der Waals surface area contributed by atoms with Crippen molar-refractivity contribution in [2.45, 2.75) is 6.92 Å². The maximum atomic E-state index is 4.37. The number of aromatic nitrogens is 3. The summed E-state index contributed by atoms with van der Waals surface area (Å²) in [5.74, 6) is 0.618. The van der Waals surface area contributed by atoms with Gasteiger partial charge in [-0.1, -0.05) is 0 Å². The van der Waals surface area contributed by atoms with E-state index in [1.807, 2.05) is 12.3 Å². The average molecular weight is 216 g/mol. The molecule has 2 aromatic heterocycles. The van der Waals surface area contributed by atoms with Crippen molar-refractivity contribution >= 4 is 29.2 Å². The average Bonchev–Trinajstić information content (AvgIpc) is 2.84. The molecule has 5 nitrogen and oxygen atoms in total. The van der Waals surface area contributed by atoms with Crippen LogP contribution < -0.4 is 5.32 Å². The minimum Gasteiger partial charge on any atom is -0.240 e. The largest absolute Gasteiger partial charge is 0.240 e. The van der Waals surface area contributed by atoms with Crippen LogP contribution in [0.15, 0.2) is 16.7 Å². The molecule has 73 valence electrons. The van der Waals surface area contributed by atoms with Gasteiger partial charge in [-0.05, 0) is 6.92 Å². The molecule has 1 aliphatic heterocycles. The molecule has 3 heterocycles. The molecule has 0 saturated carbocycles. The van der Waals surface area contributed by atoms with Crippen molar-refractivity contribution in [2.75, 3.05) is 0 Å². The molecule has 0 bridgehead atoms. The maximum absolute atomic E-state index is 4.37. The summed E-state index contributed by atoms with van der Waals surface area (Å²) in [7, 11) is 0. The molecule has 0 aliphatic carbocycles. The molecule has 0 fully saturated rings. The highest BCUT2D eigenvalue weighted by atomic mass is 32.1. The van der Waals surface area contributed by atoms with Crippen molar-refractivity contribution in [2.24, 2.45) is 4.99 Å². The fourth-order valence-electron chi connectivity index (χ4n) is 1.34. The number of nitrogens with zero attached hydrogens (tertiary/aromatic N) is 5. The van der Waals surface area contributed by atoms with Gasteiger partial charge in [0.25, 0.3) is 0 Å². The standard InChI is InChI=1S/C9H6N5S/c1-5-2-15-9(14-5)7-6-8(12-3-10-6)13-4-11-7/h2-4H,1H3. The molecule has 1 aliphatic rings. The quantitative estimate of drug-likeness (QED) is 0.730. The second-order valence-corrected chi connectivity index (χ2v) is 3.92. The zero-order valence-electron chi connectivity index (χ0n) is 7.88. The number of aliphatic imine (C=N–C) groups is 1. The Bertz CT molecular complexity index is 545. The second-order valence-electron chi connectivity index (χ2n) is 3.06. The Morgan fingerprint density at radius 1 is 1.27 bits per heavy atom. The lowest BCUT2D eigenvalue weighted by Gasteiger charge is -1.99. The van der Waals surface area contributed by atoms with Gasteiger partial charge in [0.05, 0.1) is 0 Å². The van der Waals surface area contributed by atoms with Crippen LogP contribution in [0.5, 0.6) is 0 Å².